The first-order chi connectivity index (χ1) is 4.54. The molecule has 0 rings (SSSR count). The van der Waals surface area contributed by atoms with Crippen molar-refractivity contribution >= 4 is 11.9 Å². The van der Waals surface area contributed by atoms with Crippen molar-refractivity contribution in [1.82, 2.24) is 0 Å². The summed E-state index contributed by atoms with van der Waals surface area (Å²) in [5.74, 6) is -2.46. The van der Waals surface area contributed by atoms with Crippen LogP contribution in [0.5, 0.6) is 0 Å². The fraction of sp³-hybridized carbons (Fsp3) is 0. The molecule has 0 unspecified atom stereocenters. The number of hydrogen-bond acceptors (Lipinski definition) is 4. The summed E-state index contributed by atoms with van der Waals surface area (Å²) in [4.78, 5) is 18.3. The van der Waals surface area contributed by atoms with E-state index < -0.39 is 11.9 Å². The Morgan fingerprint density at radius 2 is 1.17 bits per heavy atom. The third-order valence-electron chi connectivity index (χ3n) is 0.333. The van der Waals surface area contributed by atoms with Crippen molar-refractivity contribution in [2.24, 2.45) is 0 Å². The summed E-state index contributed by atoms with van der Waals surface area (Å²) in [5, 5.41) is 18.3. The van der Waals surface area contributed by atoms with Gasteiger partial charge in [-0.25, -0.2) is 0 Å². The second kappa shape index (κ2) is 17.6. The van der Waals surface area contributed by atoms with Gasteiger partial charge < -0.3 is 21.2 Å². The molecule has 0 aromatic carbocycles. The van der Waals surface area contributed by atoms with E-state index in [9.17, 15) is 0 Å². The van der Waals surface area contributed by atoms with Gasteiger partial charge in [0.05, 0.1) is 11.9 Å². The van der Waals surface area contributed by atoms with E-state index in [-0.39, 0.29) is 69.6 Å². The van der Waals surface area contributed by atoms with Gasteiger partial charge in [0.1, 0.15) is 0 Å². The fourth-order valence-electron chi connectivity index (χ4n) is 0. The SMILES string of the molecule is C=CC(=O)[O-].C=CC(=O)[O-].[Co+2].[H-].[K+]. The summed E-state index contributed by atoms with van der Waals surface area (Å²) in [7, 11) is 0. The van der Waals surface area contributed by atoms with Gasteiger partial charge in [0.15, 0.2) is 0 Å². The van der Waals surface area contributed by atoms with Gasteiger partial charge in [0.25, 0.3) is 0 Å². The number of hydrogen-bond donors (Lipinski definition) is 0. The van der Waals surface area contributed by atoms with Crippen molar-refractivity contribution in [2.45, 2.75) is 0 Å². The van der Waals surface area contributed by atoms with Crippen LogP contribution in [-0.2, 0) is 26.4 Å². The number of carbonyl (C=O) groups is 2. The molecule has 0 aliphatic rings. The first-order valence-corrected chi connectivity index (χ1v) is 2.21. The molecular weight excluding hydrogens is 234 g/mol. The molecule has 0 spiro atoms. The van der Waals surface area contributed by atoms with Crippen LogP contribution in [0.4, 0.5) is 0 Å². The van der Waals surface area contributed by atoms with E-state index >= 15 is 0 Å². The first-order valence-electron chi connectivity index (χ1n) is 2.21. The van der Waals surface area contributed by atoms with Gasteiger partial charge in [-0.15, -0.1) is 0 Å². The van der Waals surface area contributed by atoms with Crippen LogP contribution in [0.3, 0.4) is 0 Å². The molecule has 0 fully saturated rings. The summed E-state index contributed by atoms with van der Waals surface area (Å²) < 4.78 is 0. The van der Waals surface area contributed by atoms with E-state index in [1.165, 1.54) is 0 Å². The van der Waals surface area contributed by atoms with E-state index in [1.807, 2.05) is 0 Å². The number of carboxylic acids is 2. The third kappa shape index (κ3) is 46.4. The van der Waals surface area contributed by atoms with Gasteiger partial charge in [-0.05, 0) is 12.2 Å². The average molecular weight is 241 g/mol. The maximum atomic E-state index is 9.14. The molecule has 0 aromatic rings. The molecule has 0 aliphatic heterocycles. The Kier molecular flexibility index (Phi) is 33.6. The van der Waals surface area contributed by atoms with E-state index in [0.717, 1.165) is 12.2 Å². The second-order valence-corrected chi connectivity index (χ2v) is 1.05. The zero-order valence-corrected chi connectivity index (χ0v) is 10.7. The molecule has 0 saturated heterocycles. The molecule has 6 heteroatoms. The Hall–Kier alpha value is 0.563. The van der Waals surface area contributed by atoms with Crippen molar-refractivity contribution in [2.75, 3.05) is 0 Å². The minimum absolute atomic E-state index is 0. The maximum Gasteiger partial charge on any atom is 2.00 e. The average Bonchev–Trinajstić information content (AvgIpc) is 1.89. The van der Waals surface area contributed by atoms with Crippen LogP contribution in [0, 0.1) is 0 Å². The zero-order valence-electron chi connectivity index (χ0n) is 7.54. The largest absolute Gasteiger partial charge is 2.00 e. The van der Waals surface area contributed by atoms with E-state index in [1.54, 1.807) is 0 Å². The normalized spacial score (nSPS) is 5.33. The topological polar surface area (TPSA) is 80.3 Å². The Balaban J connectivity index is -0.0000000267. The number of carboxylic acid groups (broad SMARTS) is 2. The van der Waals surface area contributed by atoms with Crippen molar-refractivity contribution in [3.8, 4) is 0 Å². The zero-order chi connectivity index (χ0) is 8.57. The molecule has 0 atom stereocenters. The van der Waals surface area contributed by atoms with E-state index in [2.05, 4.69) is 13.2 Å². The number of carbonyl (C=O) groups excluding carboxylic acids is 2. The van der Waals surface area contributed by atoms with Crippen LogP contribution in [-0.4, -0.2) is 11.9 Å². The maximum absolute atomic E-state index is 9.14. The minimum Gasteiger partial charge on any atom is -1.00 e. The molecule has 0 bridgehead atoms. The van der Waals surface area contributed by atoms with Gasteiger partial charge in [-0.2, -0.15) is 0 Å². The summed E-state index contributed by atoms with van der Waals surface area (Å²) >= 11 is 0. The van der Waals surface area contributed by atoms with Gasteiger partial charge in [-0.1, -0.05) is 13.2 Å². The van der Waals surface area contributed by atoms with Crippen molar-refractivity contribution in [1.29, 1.82) is 0 Å². The van der Waals surface area contributed by atoms with Crippen LogP contribution in [0.1, 0.15) is 1.43 Å². The Morgan fingerprint density at radius 3 is 1.17 bits per heavy atom. The summed E-state index contributed by atoms with van der Waals surface area (Å²) in [5.41, 5.74) is 0. The molecule has 4 nitrogen and oxygen atoms in total. The molecule has 65 valence electrons. The number of rotatable bonds is 2. The fourth-order valence-corrected chi connectivity index (χ4v) is 0. The Bertz CT molecular complexity index is 145. The molecule has 0 N–H and O–H groups in total. The molecule has 0 heterocycles. The van der Waals surface area contributed by atoms with Crippen LogP contribution >= 0.6 is 0 Å². The first kappa shape index (κ1) is 22.9. The molecular formula is C6H7CoKO4. The van der Waals surface area contributed by atoms with Crippen LogP contribution in [0.25, 0.3) is 0 Å². The van der Waals surface area contributed by atoms with Crippen LogP contribution < -0.4 is 61.6 Å². The predicted molar refractivity (Wildman–Crippen MR) is 31.5 cm³/mol. The van der Waals surface area contributed by atoms with Gasteiger partial charge in [0, 0.05) is 0 Å². The van der Waals surface area contributed by atoms with Crippen molar-refractivity contribution < 1.29 is 89.4 Å². The van der Waals surface area contributed by atoms with Gasteiger partial charge in [0.2, 0.25) is 0 Å². The van der Waals surface area contributed by atoms with Gasteiger partial charge in [-0.3, -0.25) is 0 Å². The molecule has 0 amide bonds. The summed E-state index contributed by atoms with van der Waals surface area (Å²) in [6.45, 7) is 5.80. The van der Waals surface area contributed by atoms with Crippen molar-refractivity contribution in [3.05, 3.63) is 25.3 Å². The summed E-state index contributed by atoms with van der Waals surface area (Å²) in [6.07, 6.45) is 1.44. The van der Waals surface area contributed by atoms with Gasteiger partial charge >= 0.3 is 68.2 Å². The van der Waals surface area contributed by atoms with Crippen molar-refractivity contribution in [3.63, 3.8) is 0 Å². The molecule has 12 heavy (non-hydrogen) atoms. The van der Waals surface area contributed by atoms with E-state index in [4.69, 9.17) is 19.8 Å². The molecule has 0 aromatic heterocycles. The quantitative estimate of drug-likeness (QED) is 0.358. The number of aliphatic carboxylic acids is 2. The Labute approximate surface area is 125 Å². The predicted octanol–water partition coefficient (Wildman–Crippen LogP) is -5.04. The molecule has 1 radical (unpaired) electrons. The van der Waals surface area contributed by atoms with E-state index in [0.29, 0.717) is 0 Å². The second-order valence-electron chi connectivity index (χ2n) is 1.05. The Morgan fingerprint density at radius 1 is 1.08 bits per heavy atom. The molecule has 0 aliphatic carbocycles. The van der Waals surface area contributed by atoms with Crippen LogP contribution in [0.15, 0.2) is 25.3 Å². The third-order valence-corrected chi connectivity index (χ3v) is 0.333. The monoisotopic (exact) mass is 241 g/mol. The standard InChI is InChI=1S/2C3H4O2.Co.K.H/c2*1-2-3(4)5;;;/h2*2H,1H2,(H,4,5);;;/q;;+2;+1;-1/p-2. The van der Waals surface area contributed by atoms with Crippen LogP contribution in [0.2, 0.25) is 0 Å². The minimum atomic E-state index is -1.23. The molecule has 0 saturated carbocycles. The smallest absolute Gasteiger partial charge is 1.00 e. The summed E-state index contributed by atoms with van der Waals surface area (Å²) in [6, 6.07) is 0.